The molecule has 1 fully saturated rings. The number of nitrogens with zero attached hydrogens (tertiary/aromatic N) is 5. The van der Waals surface area contributed by atoms with E-state index in [1.54, 1.807) is 30.7 Å². The minimum Gasteiger partial charge on any atom is -0.358 e. The Labute approximate surface area is 245 Å². The van der Waals surface area contributed by atoms with Crippen LogP contribution in [0.25, 0.3) is 22.3 Å². The summed E-state index contributed by atoms with van der Waals surface area (Å²) in [5, 5.41) is 5.92. The molecule has 220 valence electrons. The molecular formula is C31H29F3N8O. The van der Waals surface area contributed by atoms with Gasteiger partial charge in [0.15, 0.2) is 0 Å². The number of nitrogens with one attached hydrogen (secondary N) is 3. The van der Waals surface area contributed by atoms with Crippen molar-refractivity contribution in [2.45, 2.75) is 12.7 Å². The number of benzene rings is 2. The van der Waals surface area contributed by atoms with Crippen molar-refractivity contribution in [3.63, 3.8) is 0 Å². The second kappa shape index (κ2) is 11.8. The highest BCUT2D eigenvalue weighted by molar-refractivity contribution is 6.05. The van der Waals surface area contributed by atoms with Crippen molar-refractivity contribution in [1.82, 2.24) is 29.7 Å². The lowest BCUT2D eigenvalue weighted by atomic mass is 10.1. The summed E-state index contributed by atoms with van der Waals surface area (Å²) in [7, 11) is 2.09. The molecule has 0 radical (unpaired) electrons. The summed E-state index contributed by atoms with van der Waals surface area (Å²) >= 11 is 0. The van der Waals surface area contributed by atoms with Gasteiger partial charge in [0.25, 0.3) is 5.91 Å². The smallest absolute Gasteiger partial charge is 0.358 e. The standard InChI is InChI=1S/C31H29F3N8O/c1-41-12-14-42(15-13-41)19-22-8-7-20(29(43)37-24-6-2-5-23(17-24)31(32,33)34)16-26(22)39-30-38-25-9-11-36-28(25)27(40-30)21-4-3-10-35-18-21/h2-11,16-18,36H,12-15,19H2,1H3,(H,37,43)(H,38,39,40). The highest BCUT2D eigenvalue weighted by Gasteiger charge is 2.30. The maximum Gasteiger partial charge on any atom is 0.416 e. The summed E-state index contributed by atoms with van der Waals surface area (Å²) in [5.74, 6) is -0.201. The Kier molecular flexibility index (Phi) is 7.78. The lowest BCUT2D eigenvalue weighted by molar-refractivity contribution is -0.137. The third kappa shape index (κ3) is 6.50. The number of fused-ring (bicyclic) bond motifs is 1. The highest BCUT2D eigenvalue weighted by Crippen LogP contribution is 2.32. The predicted octanol–water partition coefficient (Wildman–Crippen LogP) is 5.78. The number of piperazine rings is 1. The number of aromatic amines is 1. The van der Waals surface area contributed by atoms with Gasteiger partial charge in [-0.3, -0.25) is 14.7 Å². The number of pyridine rings is 1. The number of amides is 1. The fourth-order valence-corrected chi connectivity index (χ4v) is 5.03. The van der Waals surface area contributed by atoms with E-state index in [9.17, 15) is 18.0 Å². The molecule has 43 heavy (non-hydrogen) atoms. The molecule has 0 bridgehead atoms. The van der Waals surface area contributed by atoms with Gasteiger partial charge in [-0.1, -0.05) is 12.1 Å². The van der Waals surface area contributed by atoms with Crippen molar-refractivity contribution in [3.05, 3.63) is 95.9 Å². The summed E-state index contributed by atoms with van der Waals surface area (Å²) in [6, 6.07) is 15.4. The van der Waals surface area contributed by atoms with Crippen LogP contribution in [0.4, 0.5) is 30.5 Å². The maximum absolute atomic E-state index is 13.2. The van der Waals surface area contributed by atoms with Crippen LogP contribution >= 0.6 is 0 Å². The molecule has 3 N–H and O–H groups in total. The van der Waals surface area contributed by atoms with Crippen molar-refractivity contribution in [2.75, 3.05) is 43.9 Å². The fraction of sp³-hybridized carbons (Fsp3) is 0.226. The molecule has 0 unspecified atom stereocenters. The normalized spacial score (nSPS) is 14.6. The van der Waals surface area contributed by atoms with Gasteiger partial charge < -0.3 is 20.5 Å². The number of alkyl halides is 3. The monoisotopic (exact) mass is 586 g/mol. The summed E-state index contributed by atoms with van der Waals surface area (Å²) in [4.78, 5) is 34.7. The van der Waals surface area contributed by atoms with E-state index in [0.29, 0.717) is 29.4 Å². The number of anilines is 3. The largest absolute Gasteiger partial charge is 0.416 e. The number of hydrogen-bond donors (Lipinski definition) is 3. The summed E-state index contributed by atoms with van der Waals surface area (Å²) in [6.07, 6.45) is 0.693. The van der Waals surface area contributed by atoms with E-state index >= 15 is 0 Å². The Balaban J connectivity index is 1.33. The third-order valence-corrected chi connectivity index (χ3v) is 7.40. The molecule has 6 rings (SSSR count). The quantitative estimate of drug-likeness (QED) is 0.222. The Morgan fingerprint density at radius 2 is 1.84 bits per heavy atom. The Bertz CT molecular complexity index is 1750. The highest BCUT2D eigenvalue weighted by atomic mass is 19.4. The Hall–Kier alpha value is -4.81. The molecule has 0 aliphatic carbocycles. The van der Waals surface area contributed by atoms with Crippen LogP contribution < -0.4 is 10.6 Å². The van der Waals surface area contributed by atoms with Gasteiger partial charge in [-0.2, -0.15) is 13.2 Å². The first kappa shape index (κ1) is 28.3. The molecule has 1 aliphatic heterocycles. The molecule has 0 atom stereocenters. The van der Waals surface area contributed by atoms with Crippen LogP contribution in [0, 0.1) is 0 Å². The number of carbonyl (C=O) groups is 1. The molecule has 12 heteroatoms. The van der Waals surface area contributed by atoms with Gasteiger partial charge in [-0.25, -0.2) is 9.97 Å². The number of hydrogen-bond acceptors (Lipinski definition) is 7. The van der Waals surface area contributed by atoms with E-state index in [2.05, 4.69) is 42.4 Å². The van der Waals surface area contributed by atoms with Crippen LogP contribution in [0.3, 0.4) is 0 Å². The molecule has 1 amide bonds. The average molecular weight is 587 g/mol. The minimum absolute atomic E-state index is 0.0539. The zero-order valence-corrected chi connectivity index (χ0v) is 23.3. The van der Waals surface area contributed by atoms with Crippen molar-refractivity contribution < 1.29 is 18.0 Å². The van der Waals surface area contributed by atoms with Gasteiger partial charge in [0, 0.05) is 73.8 Å². The number of carbonyl (C=O) groups excluding carboxylic acids is 1. The second-order valence-electron chi connectivity index (χ2n) is 10.5. The van der Waals surface area contributed by atoms with Crippen LogP contribution in [-0.4, -0.2) is 68.9 Å². The number of aromatic nitrogens is 4. The molecule has 9 nitrogen and oxygen atoms in total. The molecule has 1 aliphatic rings. The average Bonchev–Trinajstić information content (AvgIpc) is 3.48. The van der Waals surface area contributed by atoms with E-state index < -0.39 is 17.6 Å². The SMILES string of the molecule is CN1CCN(Cc2ccc(C(=O)Nc3cccc(C(F)(F)F)c3)cc2Nc2nc(-c3cccnc3)c3[nH]ccc3n2)CC1. The first-order valence-electron chi connectivity index (χ1n) is 13.8. The van der Waals surface area contributed by atoms with Crippen LogP contribution in [0.15, 0.2) is 79.3 Å². The fourth-order valence-electron chi connectivity index (χ4n) is 5.03. The van der Waals surface area contributed by atoms with Crippen molar-refractivity contribution in [3.8, 4) is 11.3 Å². The molecule has 2 aromatic carbocycles. The summed E-state index contributed by atoms with van der Waals surface area (Å²) < 4.78 is 39.6. The lowest BCUT2D eigenvalue weighted by Gasteiger charge is -2.32. The molecular weight excluding hydrogens is 557 g/mol. The molecule has 0 saturated carbocycles. The second-order valence-corrected chi connectivity index (χ2v) is 10.5. The van der Waals surface area contributed by atoms with Crippen molar-refractivity contribution in [2.24, 2.45) is 0 Å². The molecule has 1 saturated heterocycles. The zero-order valence-electron chi connectivity index (χ0n) is 23.3. The first-order chi connectivity index (χ1) is 20.7. The zero-order chi connectivity index (χ0) is 30.0. The minimum atomic E-state index is -4.52. The molecule has 4 heterocycles. The maximum atomic E-state index is 13.2. The predicted molar refractivity (Wildman–Crippen MR) is 159 cm³/mol. The van der Waals surface area contributed by atoms with E-state index in [0.717, 1.165) is 55.0 Å². The number of likely N-dealkylation sites (N-methyl/N-ethyl adjacent to an activating group) is 1. The van der Waals surface area contributed by atoms with Gasteiger partial charge in [0.05, 0.1) is 16.6 Å². The van der Waals surface area contributed by atoms with Crippen LogP contribution in [0.2, 0.25) is 0 Å². The first-order valence-corrected chi connectivity index (χ1v) is 13.8. The van der Waals surface area contributed by atoms with E-state index in [1.807, 2.05) is 24.3 Å². The topological polar surface area (TPSA) is 102 Å². The van der Waals surface area contributed by atoms with Crippen LogP contribution in [-0.2, 0) is 12.7 Å². The van der Waals surface area contributed by atoms with Crippen LogP contribution in [0.1, 0.15) is 21.5 Å². The van der Waals surface area contributed by atoms with Gasteiger partial charge in [-0.15, -0.1) is 0 Å². The lowest BCUT2D eigenvalue weighted by Crippen LogP contribution is -2.43. The molecule has 0 spiro atoms. The van der Waals surface area contributed by atoms with E-state index in [4.69, 9.17) is 4.98 Å². The van der Waals surface area contributed by atoms with E-state index in [1.165, 1.54) is 12.1 Å². The summed E-state index contributed by atoms with van der Waals surface area (Å²) in [5.41, 5.74) is 4.01. The molecule has 5 aromatic rings. The van der Waals surface area contributed by atoms with Gasteiger partial charge in [0.1, 0.15) is 5.69 Å². The van der Waals surface area contributed by atoms with Crippen LogP contribution in [0.5, 0.6) is 0 Å². The summed E-state index contributed by atoms with van der Waals surface area (Å²) in [6.45, 7) is 4.31. The van der Waals surface area contributed by atoms with E-state index in [-0.39, 0.29) is 11.3 Å². The Morgan fingerprint density at radius 1 is 1.00 bits per heavy atom. The van der Waals surface area contributed by atoms with Crippen molar-refractivity contribution in [1.29, 1.82) is 0 Å². The van der Waals surface area contributed by atoms with Gasteiger partial charge in [0.2, 0.25) is 5.95 Å². The molecule has 3 aromatic heterocycles. The van der Waals surface area contributed by atoms with Gasteiger partial charge >= 0.3 is 6.18 Å². The van der Waals surface area contributed by atoms with Crippen molar-refractivity contribution >= 4 is 34.3 Å². The number of halogens is 3. The third-order valence-electron chi connectivity index (χ3n) is 7.40. The Morgan fingerprint density at radius 3 is 2.60 bits per heavy atom. The number of rotatable bonds is 7. The van der Waals surface area contributed by atoms with Gasteiger partial charge in [-0.05, 0) is 61.1 Å². The number of H-pyrrole nitrogens is 1.